The third-order valence-corrected chi connectivity index (χ3v) is 8.81. The Morgan fingerprint density at radius 3 is 1.93 bits per heavy atom. The molecule has 4 aliphatic heterocycles. The van der Waals surface area contributed by atoms with Gasteiger partial charge in [0.15, 0.2) is 40.6 Å². The molecule has 0 aliphatic carbocycles. The van der Waals surface area contributed by atoms with E-state index < -0.39 is 30.2 Å². The van der Waals surface area contributed by atoms with Crippen molar-refractivity contribution in [2.75, 3.05) is 55.9 Å². The maximum atomic E-state index is 13.4. The molecule has 0 saturated carbocycles. The summed E-state index contributed by atoms with van der Waals surface area (Å²) >= 11 is 0. The van der Waals surface area contributed by atoms with Crippen LogP contribution in [0, 0.1) is 0 Å². The van der Waals surface area contributed by atoms with Gasteiger partial charge in [0.2, 0.25) is 12.5 Å². The maximum Gasteiger partial charge on any atom is 0.343 e. The summed E-state index contributed by atoms with van der Waals surface area (Å²) < 4.78 is 52.2. The first-order chi connectivity index (χ1) is 21.4. The number of rotatable bonds is 7. The Hall–Kier alpha value is -4.84. The topological polar surface area (TPSA) is 120 Å². The van der Waals surface area contributed by atoms with Crippen molar-refractivity contribution in [3.63, 3.8) is 0 Å². The molecule has 3 aromatic rings. The van der Waals surface area contributed by atoms with E-state index in [-0.39, 0.29) is 6.79 Å². The molecule has 3 aromatic carbocycles. The number of likely N-dealkylation sites (N-methyl/N-ethyl adjacent to an activating group) is 1. The average molecular weight is 606 g/mol. The predicted octanol–water partition coefficient (Wildman–Crippen LogP) is 4.16. The first kappa shape index (κ1) is 28.0. The predicted molar refractivity (Wildman–Crippen MR) is 153 cm³/mol. The van der Waals surface area contributed by atoms with Gasteiger partial charge in [0, 0.05) is 28.8 Å². The molecule has 3 atom stereocenters. The molecule has 0 fully saturated rings. The number of cyclic esters (lactones) is 2. The Balaban J connectivity index is 1.45. The summed E-state index contributed by atoms with van der Waals surface area (Å²) in [6.07, 6.45) is -0.966. The van der Waals surface area contributed by atoms with E-state index in [4.69, 9.17) is 42.6 Å². The highest BCUT2D eigenvalue weighted by atomic mass is 16.7. The maximum absolute atomic E-state index is 13.4. The Morgan fingerprint density at radius 2 is 1.30 bits per heavy atom. The zero-order valence-corrected chi connectivity index (χ0v) is 25.1. The fourth-order valence-corrected chi connectivity index (χ4v) is 6.96. The van der Waals surface area contributed by atoms with E-state index in [9.17, 15) is 9.59 Å². The molecule has 0 spiro atoms. The SMILES string of the molecule is COc1ccc2c(c1OC)C(=O)O[C@@H]2c1c2c(c(OC)c3c1OCO3)[C@@H]([C@H]1OC(=O)c3c1ccc(OC)c3OC)N(C)CC2. The molecule has 44 heavy (non-hydrogen) atoms. The third-order valence-electron chi connectivity index (χ3n) is 8.81. The highest BCUT2D eigenvalue weighted by Gasteiger charge is 2.49. The molecule has 0 bridgehead atoms. The van der Waals surface area contributed by atoms with Crippen LogP contribution in [0.25, 0.3) is 0 Å². The first-order valence-electron chi connectivity index (χ1n) is 14.0. The minimum Gasteiger partial charge on any atom is -0.493 e. The van der Waals surface area contributed by atoms with Crippen molar-refractivity contribution < 1.29 is 52.2 Å². The quantitative estimate of drug-likeness (QED) is 0.360. The van der Waals surface area contributed by atoms with Crippen molar-refractivity contribution >= 4 is 11.9 Å². The number of nitrogens with zero attached hydrogens (tertiary/aromatic N) is 1. The average Bonchev–Trinajstić information content (AvgIpc) is 3.74. The summed E-state index contributed by atoms with van der Waals surface area (Å²) in [5.74, 6) is 1.71. The molecular weight excluding hydrogens is 574 g/mol. The minimum atomic E-state index is -0.820. The number of ether oxygens (including phenoxy) is 9. The van der Waals surface area contributed by atoms with E-state index in [0.29, 0.717) is 81.0 Å². The van der Waals surface area contributed by atoms with E-state index in [0.717, 1.165) is 11.1 Å². The number of carbonyl (C=O) groups is 2. The van der Waals surface area contributed by atoms with Gasteiger partial charge in [0.1, 0.15) is 17.2 Å². The van der Waals surface area contributed by atoms with Gasteiger partial charge in [0.05, 0.1) is 41.6 Å². The van der Waals surface area contributed by atoms with E-state index in [2.05, 4.69) is 4.90 Å². The number of carbonyl (C=O) groups excluding carboxylic acids is 2. The van der Waals surface area contributed by atoms with Crippen molar-refractivity contribution in [1.29, 1.82) is 0 Å². The second-order valence-corrected chi connectivity index (χ2v) is 10.7. The lowest BCUT2D eigenvalue weighted by molar-refractivity contribution is 0.00839. The molecule has 4 heterocycles. The molecule has 0 radical (unpaired) electrons. The second kappa shape index (κ2) is 10.4. The van der Waals surface area contributed by atoms with Crippen LogP contribution in [0.3, 0.4) is 0 Å². The number of methoxy groups -OCH3 is 5. The Bertz CT molecular complexity index is 1720. The first-order valence-corrected chi connectivity index (χ1v) is 14.0. The molecule has 230 valence electrons. The van der Waals surface area contributed by atoms with Gasteiger partial charge >= 0.3 is 11.9 Å². The van der Waals surface area contributed by atoms with Gasteiger partial charge in [-0.1, -0.05) is 12.1 Å². The Labute approximate surface area is 253 Å². The molecule has 12 heteroatoms. The van der Waals surface area contributed by atoms with Crippen LogP contribution in [-0.2, 0) is 15.9 Å². The summed E-state index contributed by atoms with van der Waals surface area (Å²) in [6, 6.07) is 6.63. The summed E-state index contributed by atoms with van der Waals surface area (Å²) in [5, 5.41) is 0. The smallest absolute Gasteiger partial charge is 0.343 e. The molecule has 7 rings (SSSR count). The van der Waals surface area contributed by atoms with Crippen LogP contribution in [0.1, 0.15) is 66.8 Å². The monoisotopic (exact) mass is 605 g/mol. The van der Waals surface area contributed by atoms with Gasteiger partial charge in [-0.25, -0.2) is 9.59 Å². The van der Waals surface area contributed by atoms with Crippen LogP contribution in [-0.4, -0.2) is 72.8 Å². The number of fused-ring (bicyclic) bond motifs is 4. The fraction of sp³-hybridized carbons (Fsp3) is 0.375. The van der Waals surface area contributed by atoms with Gasteiger partial charge in [-0.15, -0.1) is 0 Å². The van der Waals surface area contributed by atoms with Crippen LogP contribution >= 0.6 is 0 Å². The lowest BCUT2D eigenvalue weighted by Gasteiger charge is -2.39. The highest BCUT2D eigenvalue weighted by molar-refractivity contribution is 5.99. The van der Waals surface area contributed by atoms with E-state index in [1.165, 1.54) is 28.4 Å². The fourth-order valence-electron chi connectivity index (χ4n) is 6.96. The second-order valence-electron chi connectivity index (χ2n) is 10.7. The highest BCUT2D eigenvalue weighted by Crippen LogP contribution is 2.60. The third kappa shape index (κ3) is 3.73. The Morgan fingerprint density at radius 1 is 0.705 bits per heavy atom. The summed E-state index contributed by atoms with van der Waals surface area (Å²) in [6.45, 7) is 0.559. The molecule has 0 unspecified atom stereocenters. The van der Waals surface area contributed by atoms with Gasteiger partial charge in [-0.05, 0) is 31.2 Å². The van der Waals surface area contributed by atoms with Gasteiger partial charge in [-0.3, -0.25) is 4.90 Å². The van der Waals surface area contributed by atoms with E-state index >= 15 is 0 Å². The number of hydrogen-bond donors (Lipinski definition) is 0. The summed E-state index contributed by atoms with van der Waals surface area (Å²) in [7, 11) is 9.52. The largest absolute Gasteiger partial charge is 0.493 e. The molecule has 4 aliphatic rings. The van der Waals surface area contributed by atoms with Crippen molar-refractivity contribution in [2.45, 2.75) is 24.7 Å². The normalized spacial score (nSPS) is 21.2. The van der Waals surface area contributed by atoms with Crippen molar-refractivity contribution in [1.82, 2.24) is 4.90 Å². The van der Waals surface area contributed by atoms with Crippen LogP contribution in [0.2, 0.25) is 0 Å². The number of hydrogen-bond acceptors (Lipinski definition) is 12. The van der Waals surface area contributed by atoms with Crippen molar-refractivity contribution in [2.24, 2.45) is 0 Å². The zero-order valence-electron chi connectivity index (χ0n) is 25.1. The standard InChI is InChI=1S/C32H31NO11/c1-33-12-11-14-19(23(33)25-16-8-10-18(37-3)27(39-5)22(16)32(35)44-25)28(40-6)30-29(41-13-42-30)20(14)24-15-7-9-17(36-2)26(38-4)21(15)31(34)43-24/h7-10,23-25H,11-13H2,1-6H3/t23-,24-,25-/m0/s1. The molecule has 0 N–H and O–H groups in total. The van der Waals surface area contributed by atoms with Gasteiger partial charge in [0.25, 0.3) is 0 Å². The Kier molecular flexibility index (Phi) is 6.61. The summed E-state index contributed by atoms with van der Waals surface area (Å²) in [5.41, 5.74) is 4.15. The molecular formula is C32H31NO11. The minimum absolute atomic E-state index is 0.0419. The molecule has 0 amide bonds. The van der Waals surface area contributed by atoms with Crippen LogP contribution in [0.15, 0.2) is 24.3 Å². The van der Waals surface area contributed by atoms with Gasteiger partial charge < -0.3 is 42.6 Å². The lowest BCUT2D eigenvalue weighted by Crippen LogP contribution is -2.37. The van der Waals surface area contributed by atoms with Crippen LogP contribution in [0.5, 0.6) is 40.2 Å². The van der Waals surface area contributed by atoms with Gasteiger partial charge in [-0.2, -0.15) is 0 Å². The van der Waals surface area contributed by atoms with Crippen LogP contribution < -0.4 is 33.2 Å². The summed E-state index contributed by atoms with van der Waals surface area (Å²) in [4.78, 5) is 28.8. The molecule has 12 nitrogen and oxygen atoms in total. The lowest BCUT2D eigenvalue weighted by atomic mass is 9.81. The van der Waals surface area contributed by atoms with Crippen molar-refractivity contribution in [3.8, 4) is 40.2 Å². The van der Waals surface area contributed by atoms with Crippen LogP contribution in [0.4, 0.5) is 0 Å². The zero-order chi connectivity index (χ0) is 30.9. The molecule has 0 saturated heterocycles. The van der Waals surface area contributed by atoms with Crippen molar-refractivity contribution in [3.05, 3.63) is 63.2 Å². The van der Waals surface area contributed by atoms with E-state index in [1.807, 2.05) is 13.1 Å². The molecule has 0 aromatic heterocycles. The van der Waals surface area contributed by atoms with E-state index in [1.54, 1.807) is 25.3 Å². The number of esters is 2. The number of benzene rings is 3.